The molecule has 0 saturated heterocycles. The zero-order valence-electron chi connectivity index (χ0n) is 15.3. The Kier molecular flexibility index (Phi) is 6.56. The van der Waals surface area contributed by atoms with Crippen molar-refractivity contribution >= 4 is 17.4 Å². The molecule has 0 aliphatic heterocycles. The number of nitrogens with zero attached hydrogens (tertiary/aromatic N) is 2. The highest BCUT2D eigenvalue weighted by Crippen LogP contribution is 2.22. The van der Waals surface area contributed by atoms with Crippen molar-refractivity contribution in [1.29, 1.82) is 0 Å². The normalized spacial score (nSPS) is 11.4. The number of nitrogens with two attached hydrogens (primary N) is 1. The first-order chi connectivity index (χ1) is 12.2. The topological polar surface area (TPSA) is 87.2 Å². The van der Waals surface area contributed by atoms with Crippen LogP contribution in [0.3, 0.4) is 0 Å². The Morgan fingerprint density at radius 3 is 2.50 bits per heavy atom. The quantitative estimate of drug-likeness (QED) is 0.749. The fourth-order valence-electron chi connectivity index (χ4n) is 2.35. The lowest BCUT2D eigenvalue weighted by Gasteiger charge is -2.21. The second-order valence-electron chi connectivity index (χ2n) is 7.01. The number of Topliss-reactive ketones (excluding diaryl/α,β-unsaturated/α-hetero) is 1. The molecule has 0 bridgehead atoms. The van der Waals surface area contributed by atoms with Crippen LogP contribution in [0, 0.1) is 0 Å². The largest absolute Gasteiger partial charge is 0.485 e. The van der Waals surface area contributed by atoms with Crippen LogP contribution in [0.2, 0.25) is 5.02 Å². The van der Waals surface area contributed by atoms with E-state index in [4.69, 9.17) is 22.1 Å². The van der Waals surface area contributed by atoms with E-state index in [9.17, 15) is 9.59 Å². The molecule has 2 aromatic rings. The molecule has 0 fully saturated rings. The molecular weight excluding hydrogens is 354 g/mol. The van der Waals surface area contributed by atoms with Gasteiger partial charge in [-0.15, -0.1) is 0 Å². The Morgan fingerprint density at radius 1 is 1.27 bits per heavy atom. The maximum atomic E-state index is 12.3. The minimum absolute atomic E-state index is 0.00325. The zero-order valence-corrected chi connectivity index (χ0v) is 16.0. The highest BCUT2D eigenvalue weighted by Gasteiger charge is 2.20. The van der Waals surface area contributed by atoms with Crippen molar-refractivity contribution in [2.45, 2.75) is 45.8 Å². The maximum Gasteiger partial charge on any atom is 0.289 e. The molecular formula is C19H24ClN3O3. The van der Waals surface area contributed by atoms with E-state index in [1.807, 2.05) is 32.9 Å². The average Bonchev–Trinajstić information content (AvgIpc) is 2.60. The third kappa shape index (κ3) is 4.93. The molecule has 1 heterocycles. The van der Waals surface area contributed by atoms with Gasteiger partial charge in [-0.25, -0.2) is 4.68 Å². The van der Waals surface area contributed by atoms with Gasteiger partial charge in [0.2, 0.25) is 0 Å². The van der Waals surface area contributed by atoms with Crippen molar-refractivity contribution in [3.05, 3.63) is 57.0 Å². The molecule has 0 atom stereocenters. The van der Waals surface area contributed by atoms with Crippen LogP contribution in [0.5, 0.6) is 5.75 Å². The summed E-state index contributed by atoms with van der Waals surface area (Å²) < 4.78 is 6.95. The molecule has 26 heavy (non-hydrogen) atoms. The van der Waals surface area contributed by atoms with E-state index < -0.39 is 11.1 Å². The van der Waals surface area contributed by atoms with E-state index in [1.54, 1.807) is 12.1 Å². The summed E-state index contributed by atoms with van der Waals surface area (Å²) in [6, 6.07) is 7.14. The van der Waals surface area contributed by atoms with Gasteiger partial charge >= 0.3 is 0 Å². The second-order valence-corrected chi connectivity index (χ2v) is 7.39. The van der Waals surface area contributed by atoms with Crippen molar-refractivity contribution in [3.8, 4) is 5.75 Å². The lowest BCUT2D eigenvalue weighted by Crippen LogP contribution is -2.36. The van der Waals surface area contributed by atoms with Crippen molar-refractivity contribution in [3.63, 3.8) is 0 Å². The van der Waals surface area contributed by atoms with Crippen LogP contribution in [0.4, 0.5) is 0 Å². The number of hydrogen-bond donors (Lipinski definition) is 1. The number of rotatable bonds is 7. The van der Waals surface area contributed by atoms with E-state index >= 15 is 0 Å². The summed E-state index contributed by atoms with van der Waals surface area (Å²) >= 11 is 6.13. The van der Waals surface area contributed by atoms with Crippen LogP contribution >= 0.6 is 11.6 Å². The number of hydrogen-bond acceptors (Lipinski definition) is 5. The molecule has 0 saturated carbocycles. The molecule has 0 aliphatic carbocycles. The van der Waals surface area contributed by atoms with Crippen LogP contribution < -0.4 is 16.0 Å². The molecule has 0 amide bonds. The van der Waals surface area contributed by atoms with Gasteiger partial charge in [0, 0.05) is 12.0 Å². The van der Waals surface area contributed by atoms with E-state index in [0.717, 1.165) is 5.56 Å². The third-order valence-corrected chi connectivity index (χ3v) is 4.15. The standard InChI is InChI=1S/C19H24ClN3O3/c1-19(2,3)23-18(25)17(20)16(11-22-23)26-12-13-6-8-14(9-7-13)15(24)5-4-10-21/h6-9,11H,4-5,10,12,21H2,1-3H3. The van der Waals surface area contributed by atoms with Gasteiger partial charge in [0.1, 0.15) is 6.61 Å². The smallest absolute Gasteiger partial charge is 0.289 e. The van der Waals surface area contributed by atoms with Gasteiger partial charge < -0.3 is 10.5 Å². The predicted molar refractivity (Wildman–Crippen MR) is 102 cm³/mol. The maximum absolute atomic E-state index is 12.3. The molecule has 2 rings (SSSR count). The van der Waals surface area contributed by atoms with Gasteiger partial charge in [-0.05, 0) is 39.3 Å². The highest BCUT2D eigenvalue weighted by molar-refractivity contribution is 6.31. The SMILES string of the molecule is CC(C)(C)n1ncc(OCc2ccc(C(=O)CCCN)cc2)c(Cl)c1=O. The summed E-state index contributed by atoms with van der Waals surface area (Å²) in [4.78, 5) is 24.2. The van der Waals surface area contributed by atoms with Gasteiger partial charge in [0.05, 0.1) is 11.7 Å². The second kappa shape index (κ2) is 8.47. The predicted octanol–water partition coefficient (Wildman–Crippen LogP) is 3.15. The summed E-state index contributed by atoms with van der Waals surface area (Å²) in [6.07, 6.45) is 2.56. The Hall–Kier alpha value is -2.18. The van der Waals surface area contributed by atoms with E-state index in [2.05, 4.69) is 5.10 Å². The molecule has 1 aromatic heterocycles. The Bertz CT molecular complexity index is 823. The number of halogens is 1. The van der Waals surface area contributed by atoms with Crippen LogP contribution in [0.1, 0.15) is 49.5 Å². The van der Waals surface area contributed by atoms with Crippen LogP contribution in [-0.4, -0.2) is 22.1 Å². The minimum atomic E-state index is -0.467. The minimum Gasteiger partial charge on any atom is -0.485 e. The van der Waals surface area contributed by atoms with Gasteiger partial charge in [-0.2, -0.15) is 5.10 Å². The summed E-state index contributed by atoms with van der Waals surface area (Å²) in [5.74, 6) is 0.307. The summed E-state index contributed by atoms with van der Waals surface area (Å²) in [7, 11) is 0. The first-order valence-electron chi connectivity index (χ1n) is 8.47. The lowest BCUT2D eigenvalue weighted by atomic mass is 10.1. The molecule has 0 aliphatic rings. The van der Waals surface area contributed by atoms with E-state index in [-0.39, 0.29) is 23.2 Å². The Labute approximate surface area is 157 Å². The van der Waals surface area contributed by atoms with Crippen molar-refractivity contribution < 1.29 is 9.53 Å². The number of ether oxygens (including phenoxy) is 1. The fourth-order valence-corrected chi connectivity index (χ4v) is 2.53. The number of ketones is 1. The van der Waals surface area contributed by atoms with Crippen LogP contribution in [0.25, 0.3) is 0 Å². The van der Waals surface area contributed by atoms with E-state index in [1.165, 1.54) is 10.9 Å². The molecule has 2 N–H and O–H groups in total. The molecule has 0 radical (unpaired) electrons. The molecule has 7 heteroatoms. The number of carbonyl (C=O) groups excluding carboxylic acids is 1. The number of benzene rings is 1. The molecule has 0 unspecified atom stereocenters. The number of aromatic nitrogens is 2. The molecule has 0 spiro atoms. The molecule has 1 aromatic carbocycles. The zero-order chi connectivity index (χ0) is 19.3. The lowest BCUT2D eigenvalue weighted by molar-refractivity contribution is 0.0980. The highest BCUT2D eigenvalue weighted by atomic mass is 35.5. The summed E-state index contributed by atoms with van der Waals surface area (Å²) in [5, 5.41) is 4.13. The van der Waals surface area contributed by atoms with Crippen LogP contribution in [-0.2, 0) is 12.1 Å². The summed E-state index contributed by atoms with van der Waals surface area (Å²) in [5.41, 5.74) is 6.07. The number of carbonyl (C=O) groups is 1. The monoisotopic (exact) mass is 377 g/mol. The average molecular weight is 378 g/mol. The van der Waals surface area contributed by atoms with Crippen molar-refractivity contribution in [2.75, 3.05) is 6.54 Å². The van der Waals surface area contributed by atoms with Crippen LogP contribution in [0.15, 0.2) is 35.3 Å². The molecule has 6 nitrogen and oxygen atoms in total. The van der Waals surface area contributed by atoms with Crippen molar-refractivity contribution in [2.24, 2.45) is 5.73 Å². The summed E-state index contributed by atoms with van der Waals surface area (Å²) in [6.45, 7) is 6.33. The Balaban J connectivity index is 2.06. The Morgan fingerprint density at radius 2 is 1.92 bits per heavy atom. The van der Waals surface area contributed by atoms with Gasteiger partial charge in [-0.1, -0.05) is 35.9 Å². The van der Waals surface area contributed by atoms with Gasteiger partial charge in [0.15, 0.2) is 16.6 Å². The molecule has 140 valence electrons. The van der Waals surface area contributed by atoms with E-state index in [0.29, 0.717) is 24.9 Å². The first-order valence-corrected chi connectivity index (χ1v) is 8.85. The third-order valence-electron chi connectivity index (χ3n) is 3.80. The van der Waals surface area contributed by atoms with Gasteiger partial charge in [0.25, 0.3) is 5.56 Å². The van der Waals surface area contributed by atoms with Gasteiger partial charge in [-0.3, -0.25) is 9.59 Å². The van der Waals surface area contributed by atoms with Crippen molar-refractivity contribution in [1.82, 2.24) is 9.78 Å². The fraction of sp³-hybridized carbons (Fsp3) is 0.421. The first kappa shape index (κ1) is 20.1.